The number of esters is 1. The third kappa shape index (κ3) is 6.10. The van der Waals surface area contributed by atoms with E-state index in [1.165, 1.54) is 13.4 Å². The standard InChI is InChI=1S/C27H27N5O5/c1-15-9-19(6-7-20(15)27(35)36-4)16(2)30-17(3)21-12-24(29-14-28-21)32-25(33)11-18-5-8-23-22(10-18)31-26(34)13-37-23/h5-10,12,14,16,30H,3,11,13H2,1-2,4H3,(H,31,34)(H,28,29,32,33)/t16-/m0/s1. The second kappa shape index (κ2) is 10.9. The van der Waals surface area contributed by atoms with Crippen LogP contribution in [0.25, 0.3) is 5.70 Å². The predicted octanol–water partition coefficient (Wildman–Crippen LogP) is 3.41. The summed E-state index contributed by atoms with van der Waals surface area (Å²) in [7, 11) is 1.35. The number of hydrogen-bond donors (Lipinski definition) is 3. The fourth-order valence-electron chi connectivity index (χ4n) is 3.92. The Morgan fingerprint density at radius 1 is 1.19 bits per heavy atom. The molecule has 0 aliphatic carbocycles. The van der Waals surface area contributed by atoms with Gasteiger partial charge in [0.2, 0.25) is 5.91 Å². The first-order valence-electron chi connectivity index (χ1n) is 11.6. The molecule has 1 atom stereocenters. The first-order chi connectivity index (χ1) is 17.7. The molecular formula is C27H27N5O5. The van der Waals surface area contributed by atoms with Crippen molar-refractivity contribution in [2.45, 2.75) is 26.3 Å². The summed E-state index contributed by atoms with van der Waals surface area (Å²) in [5.41, 5.74) is 4.60. The van der Waals surface area contributed by atoms with Crippen molar-refractivity contribution < 1.29 is 23.9 Å². The van der Waals surface area contributed by atoms with Gasteiger partial charge in [0, 0.05) is 12.1 Å². The minimum Gasteiger partial charge on any atom is -0.482 e. The number of aromatic nitrogens is 2. The minimum atomic E-state index is -0.378. The molecule has 190 valence electrons. The van der Waals surface area contributed by atoms with E-state index in [1.54, 1.807) is 30.3 Å². The van der Waals surface area contributed by atoms with Gasteiger partial charge in [-0.2, -0.15) is 0 Å². The van der Waals surface area contributed by atoms with Crippen molar-refractivity contribution in [1.82, 2.24) is 15.3 Å². The van der Waals surface area contributed by atoms with E-state index in [1.807, 2.05) is 26.0 Å². The summed E-state index contributed by atoms with van der Waals surface area (Å²) in [4.78, 5) is 44.4. The number of hydrogen-bond acceptors (Lipinski definition) is 8. The van der Waals surface area contributed by atoms with Gasteiger partial charge in [0.05, 0.1) is 36.2 Å². The van der Waals surface area contributed by atoms with Gasteiger partial charge in [0.25, 0.3) is 5.91 Å². The van der Waals surface area contributed by atoms with Gasteiger partial charge in [-0.1, -0.05) is 24.8 Å². The average Bonchev–Trinajstić information content (AvgIpc) is 2.88. The summed E-state index contributed by atoms with van der Waals surface area (Å²) in [5, 5.41) is 8.79. The molecule has 0 unspecified atom stereocenters. The maximum Gasteiger partial charge on any atom is 0.338 e. The SMILES string of the molecule is C=C(N[C@@H](C)c1ccc(C(=O)OC)c(C)c1)c1cc(NC(=O)Cc2ccc3c(c2)NC(=O)CO3)ncn1. The van der Waals surface area contributed by atoms with Gasteiger partial charge >= 0.3 is 5.97 Å². The molecule has 1 aliphatic rings. The number of carbonyl (C=O) groups is 3. The van der Waals surface area contributed by atoms with E-state index in [0.717, 1.165) is 11.1 Å². The van der Waals surface area contributed by atoms with Gasteiger partial charge in [0.1, 0.15) is 17.9 Å². The van der Waals surface area contributed by atoms with Gasteiger partial charge < -0.3 is 25.4 Å². The Morgan fingerprint density at radius 2 is 2.00 bits per heavy atom. The zero-order chi connectivity index (χ0) is 26.5. The van der Waals surface area contributed by atoms with Crippen LogP contribution in [0.3, 0.4) is 0 Å². The quantitative estimate of drug-likeness (QED) is 0.400. The molecule has 37 heavy (non-hydrogen) atoms. The highest BCUT2D eigenvalue weighted by Gasteiger charge is 2.17. The van der Waals surface area contributed by atoms with Crippen molar-refractivity contribution in [1.29, 1.82) is 0 Å². The van der Waals surface area contributed by atoms with E-state index in [4.69, 9.17) is 9.47 Å². The van der Waals surface area contributed by atoms with Crippen molar-refractivity contribution in [3.05, 3.63) is 83.3 Å². The molecule has 0 spiro atoms. The monoisotopic (exact) mass is 501 g/mol. The zero-order valence-electron chi connectivity index (χ0n) is 20.8. The Balaban J connectivity index is 1.38. The summed E-state index contributed by atoms with van der Waals surface area (Å²) in [6, 6.07) is 12.2. The number of fused-ring (bicyclic) bond motifs is 1. The number of amides is 2. The lowest BCUT2D eigenvalue weighted by atomic mass is 10.0. The van der Waals surface area contributed by atoms with Crippen LogP contribution in [0.5, 0.6) is 5.75 Å². The van der Waals surface area contributed by atoms with E-state index >= 15 is 0 Å². The van der Waals surface area contributed by atoms with Gasteiger partial charge in [0.15, 0.2) is 6.61 Å². The van der Waals surface area contributed by atoms with Crippen LogP contribution in [0, 0.1) is 6.92 Å². The second-order valence-electron chi connectivity index (χ2n) is 8.59. The minimum absolute atomic E-state index is 0.0247. The molecule has 10 heteroatoms. The Labute approximate surface area is 214 Å². The smallest absolute Gasteiger partial charge is 0.338 e. The van der Waals surface area contributed by atoms with E-state index in [-0.39, 0.29) is 36.9 Å². The third-order valence-corrected chi connectivity index (χ3v) is 5.83. The van der Waals surface area contributed by atoms with Crippen LogP contribution in [-0.2, 0) is 20.7 Å². The second-order valence-corrected chi connectivity index (χ2v) is 8.59. The molecule has 0 bridgehead atoms. The number of nitrogens with zero attached hydrogens (tertiary/aromatic N) is 2. The van der Waals surface area contributed by atoms with Crippen LogP contribution in [0.15, 0.2) is 55.4 Å². The van der Waals surface area contributed by atoms with Crippen LogP contribution in [-0.4, -0.2) is 41.5 Å². The highest BCUT2D eigenvalue weighted by atomic mass is 16.5. The molecule has 10 nitrogen and oxygen atoms in total. The van der Waals surface area contributed by atoms with E-state index < -0.39 is 0 Å². The number of rotatable bonds is 8. The molecule has 0 saturated carbocycles. The molecule has 2 amide bonds. The normalized spacial score (nSPS) is 12.9. The van der Waals surface area contributed by atoms with E-state index in [0.29, 0.717) is 39.8 Å². The number of carbonyl (C=O) groups excluding carboxylic acids is 3. The van der Waals surface area contributed by atoms with Crippen LogP contribution in [0.1, 0.15) is 45.7 Å². The topological polar surface area (TPSA) is 132 Å². The summed E-state index contributed by atoms with van der Waals surface area (Å²) in [6.07, 6.45) is 1.43. The molecule has 3 aromatic rings. The van der Waals surface area contributed by atoms with Crippen LogP contribution in [0.4, 0.5) is 11.5 Å². The van der Waals surface area contributed by atoms with Crippen molar-refractivity contribution in [3.8, 4) is 5.75 Å². The molecule has 1 aromatic heterocycles. The van der Waals surface area contributed by atoms with Crippen molar-refractivity contribution in [2.24, 2.45) is 0 Å². The summed E-state index contributed by atoms with van der Waals surface area (Å²) in [6.45, 7) is 7.87. The van der Waals surface area contributed by atoms with Crippen LogP contribution in [0.2, 0.25) is 0 Å². The van der Waals surface area contributed by atoms with Gasteiger partial charge in [-0.15, -0.1) is 0 Å². The summed E-state index contributed by atoms with van der Waals surface area (Å²) in [5.74, 6) is 0.00871. The van der Waals surface area contributed by atoms with Crippen molar-refractivity contribution >= 4 is 35.0 Å². The number of ether oxygens (including phenoxy) is 2. The average molecular weight is 502 g/mol. The molecule has 0 fully saturated rings. The number of methoxy groups -OCH3 is 1. The molecule has 4 rings (SSSR count). The van der Waals surface area contributed by atoms with E-state index in [9.17, 15) is 14.4 Å². The van der Waals surface area contributed by atoms with Crippen LogP contribution >= 0.6 is 0 Å². The molecule has 1 aliphatic heterocycles. The van der Waals surface area contributed by atoms with Gasteiger partial charge in [-0.25, -0.2) is 14.8 Å². The Morgan fingerprint density at radius 3 is 2.76 bits per heavy atom. The fourth-order valence-corrected chi connectivity index (χ4v) is 3.92. The number of nitrogens with one attached hydrogen (secondary N) is 3. The van der Waals surface area contributed by atoms with Crippen molar-refractivity contribution in [3.63, 3.8) is 0 Å². The maximum atomic E-state index is 12.6. The first kappa shape index (κ1) is 25.4. The first-order valence-corrected chi connectivity index (χ1v) is 11.6. The fraction of sp³-hybridized carbons (Fsp3) is 0.222. The molecule has 0 radical (unpaired) electrons. The Bertz CT molecular complexity index is 1390. The van der Waals surface area contributed by atoms with Crippen LogP contribution < -0.4 is 20.7 Å². The number of aryl methyl sites for hydroxylation is 1. The molecule has 2 heterocycles. The molecule has 0 saturated heterocycles. The third-order valence-electron chi connectivity index (χ3n) is 5.83. The largest absolute Gasteiger partial charge is 0.482 e. The lowest BCUT2D eigenvalue weighted by molar-refractivity contribution is -0.118. The predicted molar refractivity (Wildman–Crippen MR) is 138 cm³/mol. The van der Waals surface area contributed by atoms with Gasteiger partial charge in [-0.3, -0.25) is 9.59 Å². The molecular weight excluding hydrogens is 474 g/mol. The molecule has 3 N–H and O–H groups in total. The number of anilines is 2. The summed E-state index contributed by atoms with van der Waals surface area (Å²) >= 11 is 0. The van der Waals surface area contributed by atoms with Gasteiger partial charge in [-0.05, 0) is 48.7 Å². The van der Waals surface area contributed by atoms with Crippen molar-refractivity contribution in [2.75, 3.05) is 24.4 Å². The number of benzene rings is 2. The lowest BCUT2D eigenvalue weighted by Crippen LogP contribution is -2.25. The lowest BCUT2D eigenvalue weighted by Gasteiger charge is -2.19. The maximum absolute atomic E-state index is 12.6. The highest BCUT2D eigenvalue weighted by molar-refractivity contribution is 5.96. The summed E-state index contributed by atoms with van der Waals surface area (Å²) < 4.78 is 10.2. The Hall–Kier alpha value is -4.73. The molecule has 2 aromatic carbocycles. The zero-order valence-corrected chi connectivity index (χ0v) is 20.8. The Kier molecular flexibility index (Phi) is 7.47. The van der Waals surface area contributed by atoms with E-state index in [2.05, 4.69) is 32.5 Å². The highest BCUT2D eigenvalue weighted by Crippen LogP contribution is 2.28.